The van der Waals surface area contributed by atoms with Crippen LogP contribution in [-0.2, 0) is 0 Å². The van der Waals surface area contributed by atoms with Crippen molar-refractivity contribution in [1.82, 2.24) is 0 Å². The summed E-state index contributed by atoms with van der Waals surface area (Å²) in [5, 5.41) is 0. The molecule has 8 aliphatic rings. The normalized spacial score (nSPS) is 96.9. The van der Waals surface area contributed by atoms with Crippen LogP contribution in [0.2, 0.25) is 0 Å². The molecule has 8 fully saturated rings. The Morgan fingerprint density at radius 3 is 2.29 bits per heavy atom. The SMILES string of the molecule is CC12C3CC1C1C4C5CC6C(C3)C65C43CCC123. The molecule has 0 aliphatic heterocycles. The van der Waals surface area contributed by atoms with E-state index in [9.17, 15) is 0 Å². The lowest BCUT2D eigenvalue weighted by atomic mass is 9.01. The quantitative estimate of drug-likeness (QED) is 0.592. The Morgan fingerprint density at radius 1 is 0.765 bits per heavy atom. The van der Waals surface area contributed by atoms with Gasteiger partial charge in [-0.1, -0.05) is 6.92 Å². The van der Waals surface area contributed by atoms with E-state index in [1.807, 2.05) is 0 Å². The maximum Gasteiger partial charge on any atom is -0.0134 e. The third kappa shape index (κ3) is 0.301. The molecular weight excluding hydrogens is 204 g/mol. The summed E-state index contributed by atoms with van der Waals surface area (Å²) in [7, 11) is 0. The van der Waals surface area contributed by atoms with Crippen molar-refractivity contribution in [2.75, 3.05) is 0 Å². The zero-order valence-corrected chi connectivity index (χ0v) is 10.6. The van der Waals surface area contributed by atoms with Crippen LogP contribution in [0.5, 0.6) is 0 Å². The maximum absolute atomic E-state index is 2.75. The molecule has 0 aromatic heterocycles. The first-order valence-electron chi connectivity index (χ1n) is 8.26. The highest BCUT2D eigenvalue weighted by molar-refractivity contribution is 5.56. The van der Waals surface area contributed by atoms with Crippen LogP contribution in [0.4, 0.5) is 0 Å². The van der Waals surface area contributed by atoms with Gasteiger partial charge in [0.2, 0.25) is 0 Å². The first-order valence-corrected chi connectivity index (χ1v) is 8.26. The summed E-state index contributed by atoms with van der Waals surface area (Å²) in [5.74, 6) is 8.78. The maximum atomic E-state index is 2.75. The summed E-state index contributed by atoms with van der Waals surface area (Å²) in [4.78, 5) is 0. The average molecular weight is 224 g/mol. The molecule has 11 unspecified atom stereocenters. The molecule has 0 aromatic carbocycles. The van der Waals surface area contributed by atoms with Crippen LogP contribution >= 0.6 is 0 Å². The molecule has 0 aromatic rings. The van der Waals surface area contributed by atoms with Gasteiger partial charge < -0.3 is 0 Å². The summed E-state index contributed by atoms with van der Waals surface area (Å²) in [6, 6.07) is 0. The van der Waals surface area contributed by atoms with Gasteiger partial charge in [-0.2, -0.15) is 0 Å². The molecule has 8 rings (SSSR count). The van der Waals surface area contributed by atoms with Crippen LogP contribution < -0.4 is 0 Å². The third-order valence-electron chi connectivity index (χ3n) is 11.3. The molecule has 8 aliphatic carbocycles. The Balaban J connectivity index is 1.53. The van der Waals surface area contributed by atoms with Gasteiger partial charge in [0.25, 0.3) is 0 Å². The Hall–Kier alpha value is 0. The van der Waals surface area contributed by atoms with E-state index in [0.717, 1.165) is 21.7 Å². The summed E-state index contributed by atoms with van der Waals surface area (Å²) < 4.78 is 0. The summed E-state index contributed by atoms with van der Waals surface area (Å²) in [5.41, 5.74) is 3.89. The van der Waals surface area contributed by atoms with Gasteiger partial charge in [-0.15, -0.1) is 0 Å². The minimum atomic E-state index is 0.889. The second-order valence-corrected chi connectivity index (χ2v) is 9.54. The molecule has 0 nitrogen and oxygen atoms in total. The molecular formula is C17H20. The first kappa shape index (κ1) is 7.56. The highest BCUT2D eigenvalue weighted by atomic mass is 15.1. The Morgan fingerprint density at radius 2 is 1.47 bits per heavy atom. The molecule has 0 N–H and O–H groups in total. The van der Waals surface area contributed by atoms with Crippen molar-refractivity contribution in [1.29, 1.82) is 0 Å². The van der Waals surface area contributed by atoms with Crippen molar-refractivity contribution in [2.45, 2.75) is 39.0 Å². The summed E-state index contributed by atoms with van der Waals surface area (Å²) in [6.07, 6.45) is 8.41. The third-order valence-corrected chi connectivity index (χ3v) is 11.3. The molecule has 0 bridgehead atoms. The van der Waals surface area contributed by atoms with Crippen molar-refractivity contribution >= 4 is 0 Å². The summed E-state index contributed by atoms with van der Waals surface area (Å²) >= 11 is 0. The topological polar surface area (TPSA) is 0 Å². The monoisotopic (exact) mass is 224 g/mol. The zero-order valence-electron chi connectivity index (χ0n) is 10.6. The van der Waals surface area contributed by atoms with E-state index in [1.54, 1.807) is 32.1 Å². The number of fused-ring (bicyclic) bond motifs is 4. The lowest BCUT2D eigenvalue weighted by Gasteiger charge is -3.03. The van der Waals surface area contributed by atoms with Gasteiger partial charge in [0, 0.05) is 0 Å². The van der Waals surface area contributed by atoms with Crippen LogP contribution in [0.15, 0.2) is 0 Å². The van der Waals surface area contributed by atoms with Gasteiger partial charge in [-0.3, -0.25) is 0 Å². The van der Waals surface area contributed by atoms with Gasteiger partial charge in [0.1, 0.15) is 0 Å². The van der Waals surface area contributed by atoms with Gasteiger partial charge >= 0.3 is 0 Å². The van der Waals surface area contributed by atoms with Gasteiger partial charge in [-0.05, 0) is 95.2 Å². The molecule has 0 radical (unpaired) electrons. The fourth-order valence-corrected chi connectivity index (χ4v) is 11.5. The molecule has 0 heteroatoms. The summed E-state index contributed by atoms with van der Waals surface area (Å²) in [6.45, 7) is 2.75. The number of hydrogen-bond donors (Lipinski definition) is 0. The predicted molar refractivity (Wildman–Crippen MR) is 62.9 cm³/mol. The van der Waals surface area contributed by atoms with Crippen molar-refractivity contribution in [2.24, 2.45) is 63.1 Å². The van der Waals surface area contributed by atoms with E-state index >= 15 is 0 Å². The highest BCUT2D eigenvalue weighted by Gasteiger charge is 3.10. The molecule has 3 spiro atoms. The molecule has 88 valence electrons. The van der Waals surface area contributed by atoms with Crippen LogP contribution in [0.25, 0.3) is 0 Å². The molecule has 0 heterocycles. The van der Waals surface area contributed by atoms with E-state index in [-0.39, 0.29) is 0 Å². The number of hydrogen-bond acceptors (Lipinski definition) is 0. The van der Waals surface area contributed by atoms with E-state index in [0.29, 0.717) is 0 Å². The van der Waals surface area contributed by atoms with E-state index < -0.39 is 0 Å². The standard InChI is InChI=1S/C17H20/c1-14-7-4-8-9-6-11-13-12(10(14)5-7)15(14)2-3-16(13,15)17(8,9)11/h7-13H,2-6H2,1H3. The number of rotatable bonds is 0. The van der Waals surface area contributed by atoms with Crippen molar-refractivity contribution < 1.29 is 0 Å². The van der Waals surface area contributed by atoms with Crippen LogP contribution in [0.1, 0.15) is 39.0 Å². The largest absolute Gasteiger partial charge is 0.0585 e. The van der Waals surface area contributed by atoms with Crippen molar-refractivity contribution in [3.05, 3.63) is 0 Å². The van der Waals surface area contributed by atoms with Crippen LogP contribution in [-0.4, -0.2) is 0 Å². The fraction of sp³-hybridized carbons (Fsp3) is 1.00. The molecule has 11 atom stereocenters. The lowest BCUT2D eigenvalue weighted by molar-refractivity contribution is -0.562. The molecule has 0 amide bonds. The first-order chi connectivity index (χ1) is 8.26. The highest BCUT2D eigenvalue weighted by Crippen LogP contribution is 3.14. The second kappa shape index (κ2) is 1.44. The van der Waals surface area contributed by atoms with Crippen molar-refractivity contribution in [3.8, 4) is 0 Å². The Kier molecular flexibility index (Phi) is 0.640. The van der Waals surface area contributed by atoms with Gasteiger partial charge in [0.05, 0.1) is 0 Å². The molecule has 17 heavy (non-hydrogen) atoms. The Labute approximate surface area is 103 Å². The van der Waals surface area contributed by atoms with Crippen molar-refractivity contribution in [3.63, 3.8) is 0 Å². The molecule has 0 saturated heterocycles. The average Bonchev–Trinajstić information content (AvgIpc) is 2.81. The van der Waals surface area contributed by atoms with E-state index in [4.69, 9.17) is 0 Å². The minimum absolute atomic E-state index is 0.889. The fourth-order valence-electron chi connectivity index (χ4n) is 11.5. The smallest absolute Gasteiger partial charge is 0.0134 e. The van der Waals surface area contributed by atoms with E-state index in [2.05, 4.69) is 6.92 Å². The van der Waals surface area contributed by atoms with Crippen LogP contribution in [0.3, 0.4) is 0 Å². The zero-order chi connectivity index (χ0) is 10.6. The molecule has 8 saturated carbocycles. The van der Waals surface area contributed by atoms with Gasteiger partial charge in [0.15, 0.2) is 0 Å². The second-order valence-electron chi connectivity index (χ2n) is 9.54. The lowest BCUT2D eigenvalue weighted by Crippen LogP contribution is -2.99. The van der Waals surface area contributed by atoms with Gasteiger partial charge in [-0.25, -0.2) is 0 Å². The minimum Gasteiger partial charge on any atom is -0.0585 e. The predicted octanol–water partition coefficient (Wildman–Crippen LogP) is 3.32. The van der Waals surface area contributed by atoms with Crippen LogP contribution in [0, 0.1) is 63.1 Å². The van der Waals surface area contributed by atoms with E-state index in [1.165, 1.54) is 41.4 Å². The Bertz CT molecular complexity index is 550.